The Morgan fingerprint density at radius 2 is 0.738 bits per heavy atom. The number of para-hydroxylation sites is 10. The minimum atomic E-state index is -1.14. The van der Waals surface area contributed by atoms with Gasteiger partial charge in [0.15, 0.2) is 64.9 Å². The second kappa shape index (κ2) is 54.3. The highest BCUT2D eigenvalue weighted by Crippen LogP contribution is 2.37. The van der Waals surface area contributed by atoms with Crippen LogP contribution in [-0.2, 0) is 57.8 Å². The molecule has 0 aliphatic carbocycles. The summed E-state index contributed by atoms with van der Waals surface area (Å²) in [7, 11) is 4.15. The molecular weight excluding hydrogens is 1880 g/mol. The zero-order valence-electron chi connectivity index (χ0n) is 85.6. The number of carbonyl (C=O) groups excluding carboxylic acids is 5. The minimum absolute atomic E-state index is 0.0721. The number of fused-ring (bicyclic) bond motifs is 5. The number of piperidine rings is 2. The van der Waals surface area contributed by atoms with E-state index >= 15 is 0 Å². The number of piperazine rings is 3. The van der Waals surface area contributed by atoms with Gasteiger partial charge in [-0.1, -0.05) is 205 Å². The molecule has 149 heavy (non-hydrogen) atoms. The van der Waals surface area contributed by atoms with Crippen LogP contribution >= 0.6 is 0 Å². The van der Waals surface area contributed by atoms with E-state index in [-0.39, 0.29) is 37.4 Å². The molecule has 770 valence electrons. The van der Waals surface area contributed by atoms with E-state index in [0.717, 1.165) is 205 Å². The Morgan fingerprint density at radius 3 is 1.13 bits per heavy atom. The van der Waals surface area contributed by atoms with Gasteiger partial charge in [-0.2, -0.15) is 31.2 Å². The summed E-state index contributed by atoms with van der Waals surface area (Å²) >= 11 is 0. The predicted octanol–water partition coefficient (Wildman–Crippen LogP) is 14.5. The predicted molar refractivity (Wildman–Crippen MR) is 573 cm³/mol. The van der Waals surface area contributed by atoms with Gasteiger partial charge in [0.1, 0.15) is 36.0 Å². The molecule has 13 aromatic rings. The number of ether oxygens (including phenoxy) is 4. The van der Waals surface area contributed by atoms with Crippen molar-refractivity contribution in [3.63, 3.8) is 0 Å². The Hall–Kier alpha value is -16.1. The van der Waals surface area contributed by atoms with Crippen LogP contribution in [0.3, 0.4) is 0 Å². The SMILES string of the molecule is CCC(CC)COC(=O)C(C#N)c1nc2ccccc2nc1N1CCC(CN)CC1.CCC(CC)COC(=O)C(C#N)c1nc2ccccc2nc1N1CCC(N)CC1.CN1CCN(c2nc3ccccc3nc2C(C#N)NC(=O)Cc2ccccc2)CC1.CN1CCN(c2nc3ccccc3nc2N(C#N)C(=O)OCc2ccccc2)CC1.Cc1cccc(COC(=O)C(C#N)c2nc3ccccc3nc2N2CCNCC2)c1. The molecule has 0 spiro atoms. The lowest BCUT2D eigenvalue weighted by Crippen LogP contribution is -2.45. The summed E-state index contributed by atoms with van der Waals surface area (Å²) in [4.78, 5) is 127. The molecule has 5 fully saturated rings. The van der Waals surface area contributed by atoms with E-state index in [4.69, 9.17) is 65.3 Å². The molecule has 4 atom stereocenters. The number of aromatic nitrogens is 10. The average molecular weight is 2010 g/mol. The molecule has 10 heterocycles. The van der Waals surface area contributed by atoms with Crippen molar-refractivity contribution in [1.29, 1.82) is 26.3 Å². The van der Waals surface area contributed by atoms with Crippen molar-refractivity contribution in [1.82, 2.24) is 70.3 Å². The number of rotatable bonds is 29. The second-order valence-corrected chi connectivity index (χ2v) is 37.5. The number of benzene rings is 8. The number of likely N-dealkylation sites (N-methyl/N-ethyl adjacent to an activating group) is 2. The van der Waals surface area contributed by atoms with Crippen molar-refractivity contribution < 1.29 is 42.9 Å². The van der Waals surface area contributed by atoms with E-state index < -0.39 is 47.8 Å². The number of hydrogen-bond donors (Lipinski definition) is 4. The molecule has 5 aromatic heterocycles. The third-order valence-corrected chi connectivity index (χ3v) is 27.2. The van der Waals surface area contributed by atoms with Crippen LogP contribution in [0.2, 0.25) is 0 Å². The van der Waals surface area contributed by atoms with Gasteiger partial charge in [-0.25, -0.2) is 54.6 Å². The molecule has 8 aromatic carbocycles. The first-order valence-electron chi connectivity index (χ1n) is 51.1. The number of hydrogen-bond acceptors (Lipinski definition) is 34. The van der Waals surface area contributed by atoms with Gasteiger partial charge in [0.05, 0.1) is 99.1 Å². The minimum Gasteiger partial charge on any atom is -0.464 e. The number of esters is 3. The topological polar surface area (TPSA) is 472 Å². The lowest BCUT2D eigenvalue weighted by molar-refractivity contribution is -0.146. The normalized spacial score (nSPS) is 15.3. The molecule has 0 radical (unpaired) electrons. The number of nitrogens with one attached hydrogen (secondary N) is 2. The zero-order chi connectivity index (χ0) is 105. The van der Waals surface area contributed by atoms with Crippen molar-refractivity contribution in [2.24, 2.45) is 29.2 Å². The summed E-state index contributed by atoms with van der Waals surface area (Å²) in [6.45, 7) is 24.4. The largest absolute Gasteiger partial charge is 0.464 e. The van der Waals surface area contributed by atoms with Gasteiger partial charge >= 0.3 is 24.0 Å². The maximum atomic E-state index is 12.9. The lowest BCUT2D eigenvalue weighted by Gasteiger charge is -2.34. The third-order valence-electron chi connectivity index (χ3n) is 27.2. The quantitative estimate of drug-likeness (QED) is 0.0146. The Kier molecular flexibility index (Phi) is 39.6. The summed E-state index contributed by atoms with van der Waals surface area (Å²) in [5, 5.41) is 55.3. The Morgan fingerprint density at radius 1 is 0.396 bits per heavy atom. The van der Waals surface area contributed by atoms with Crippen molar-refractivity contribution in [2.45, 2.75) is 135 Å². The number of aryl methyl sites for hydroxylation is 1. The zero-order valence-corrected chi connectivity index (χ0v) is 85.6. The highest BCUT2D eigenvalue weighted by Gasteiger charge is 2.38. The lowest BCUT2D eigenvalue weighted by atomic mass is 9.96. The van der Waals surface area contributed by atoms with Gasteiger partial charge in [0.2, 0.25) is 5.91 Å². The fourth-order valence-electron chi connectivity index (χ4n) is 17.9. The van der Waals surface area contributed by atoms with Gasteiger partial charge < -0.3 is 75.3 Å². The average Bonchev–Trinajstić information content (AvgIpc) is 0.814. The van der Waals surface area contributed by atoms with Gasteiger partial charge in [-0.15, -0.1) is 0 Å². The van der Waals surface area contributed by atoms with Crippen LogP contribution in [0.1, 0.15) is 148 Å². The Balaban J connectivity index is 0.000000147. The summed E-state index contributed by atoms with van der Waals surface area (Å²) in [6.07, 6.45) is 8.67. The molecule has 6 N–H and O–H groups in total. The molecule has 4 unspecified atom stereocenters. The van der Waals surface area contributed by atoms with Crippen LogP contribution in [0.4, 0.5) is 39.7 Å². The van der Waals surface area contributed by atoms with E-state index in [1.54, 1.807) is 0 Å². The first kappa shape index (κ1) is 109. The second-order valence-electron chi connectivity index (χ2n) is 37.5. The standard InChI is InChI=1S/C23H24N6O.C23H23N5O2.C23H31N5O2.C22H22N6O2.C22H29N5O2/c1-28-11-13-29(14-12-28)23-22(26-18-9-5-6-10-19(18)27-23)20(16-24)25-21(30)15-17-7-3-2-4-8-17;1-16-5-4-6-17(13-16)15-30-23(29)18(14-24)21-22(28-11-9-25-10-12-28)27-20-8-3-2-7-19(20)26-21;1-3-16(4-2)15-30-23(29)18(14-25)21-22(28-11-9-17(13-24)10-12-28)27-20-8-6-5-7-19(20)26-21;1-26-11-13-27(14-12-26)20-21(25-19-10-6-5-9-18(19)24-20)28(16-23)22(29)30-15-17-7-3-2-4-8-17;1-3-15(4-2)14-29-22(28)17(13-23)20-21(27-11-9-16(24)10-12-27)26-19-8-6-5-7-18(19)25-20/h2-10,20H,11-15H2,1H3,(H,25,30);2-8,13,18,25H,9-12,15H2,1H3;5-8,16-18H,3-4,9-13,15,24H2,1-2H3;2-10H,11-15H2,1H3;5-8,15-17H,3-4,9-12,14,24H2,1-2H3. The van der Waals surface area contributed by atoms with Crippen LogP contribution in [0.5, 0.6) is 0 Å². The van der Waals surface area contributed by atoms with Gasteiger partial charge in [0.25, 0.3) is 0 Å². The number of nitrogens with two attached hydrogens (primary N) is 2. The molecule has 36 heteroatoms. The number of carbonyl (C=O) groups is 5. The number of nitrogens with zero attached hydrogens (tertiary/aromatic N) is 23. The van der Waals surface area contributed by atoms with Crippen LogP contribution in [-0.4, -0.2) is 234 Å². The molecule has 36 nitrogen and oxygen atoms in total. The molecule has 5 aliphatic heterocycles. The Labute approximate surface area is 869 Å². The smallest absolute Gasteiger partial charge is 0.429 e. The highest BCUT2D eigenvalue weighted by molar-refractivity contribution is 5.95. The first-order chi connectivity index (χ1) is 72.6. The first-order valence-corrected chi connectivity index (χ1v) is 51.1. The molecular formula is C113H129N27O9. The van der Waals surface area contributed by atoms with Gasteiger partial charge in [0, 0.05) is 111 Å². The molecule has 2 amide bonds. The van der Waals surface area contributed by atoms with Gasteiger partial charge in [-0.05, 0) is 148 Å². The maximum absolute atomic E-state index is 12.9. The molecule has 0 bridgehead atoms. The molecule has 0 saturated carbocycles. The van der Waals surface area contributed by atoms with E-state index in [9.17, 15) is 50.3 Å². The molecule has 18 rings (SSSR count). The monoisotopic (exact) mass is 2010 g/mol. The van der Waals surface area contributed by atoms with E-state index in [1.165, 1.54) is 0 Å². The molecule has 5 saturated heterocycles. The summed E-state index contributed by atoms with van der Waals surface area (Å²) in [5.74, 6) is -1.04. The van der Waals surface area contributed by atoms with Crippen LogP contribution in [0, 0.1) is 81.5 Å². The van der Waals surface area contributed by atoms with Crippen molar-refractivity contribution in [3.05, 3.63) is 251 Å². The highest BCUT2D eigenvalue weighted by atomic mass is 16.6. The maximum Gasteiger partial charge on any atom is 0.429 e. The Bertz CT molecular complexity index is 6930. The van der Waals surface area contributed by atoms with Crippen LogP contribution in [0.15, 0.2) is 206 Å². The van der Waals surface area contributed by atoms with Gasteiger partial charge in [-0.3, -0.25) is 19.2 Å². The summed E-state index contributed by atoms with van der Waals surface area (Å²) in [5.41, 5.74) is 24.2. The van der Waals surface area contributed by atoms with E-state index in [2.05, 4.69) is 126 Å². The molecule has 5 aliphatic rings. The summed E-state index contributed by atoms with van der Waals surface area (Å²) in [6, 6.07) is 71.9. The van der Waals surface area contributed by atoms with E-state index in [1.807, 2.05) is 219 Å². The fourth-order valence-corrected chi connectivity index (χ4v) is 17.9. The fraction of sp³-hybridized carbons (Fsp3) is 0.398. The van der Waals surface area contributed by atoms with Crippen molar-refractivity contribution >= 4 is 120 Å². The number of amides is 2. The number of nitriles is 5. The summed E-state index contributed by atoms with van der Waals surface area (Å²) < 4.78 is 21.9. The van der Waals surface area contributed by atoms with Crippen molar-refractivity contribution in [2.75, 3.05) is 168 Å². The van der Waals surface area contributed by atoms with E-state index in [0.29, 0.717) is 122 Å². The van der Waals surface area contributed by atoms with Crippen LogP contribution in [0.25, 0.3) is 55.2 Å². The van der Waals surface area contributed by atoms with Crippen molar-refractivity contribution in [3.8, 4) is 30.5 Å². The van der Waals surface area contributed by atoms with Crippen LogP contribution < -0.4 is 51.5 Å². The third kappa shape index (κ3) is 29.0. The number of anilines is 6.